The smallest absolute Gasteiger partial charge is 0.308 e. The van der Waals surface area contributed by atoms with E-state index in [0.29, 0.717) is 19.4 Å². The molecule has 1 saturated heterocycles. The van der Waals surface area contributed by atoms with Crippen LogP contribution in [0.3, 0.4) is 0 Å². The van der Waals surface area contributed by atoms with E-state index in [2.05, 4.69) is 0 Å². The van der Waals surface area contributed by atoms with E-state index in [1.54, 1.807) is 16.2 Å². The monoisotopic (exact) mass is 335 g/mol. The Hall–Kier alpha value is -1.66. The molecule has 6 heteroatoms. The van der Waals surface area contributed by atoms with E-state index in [9.17, 15) is 14.7 Å². The number of thiophene rings is 2. The van der Waals surface area contributed by atoms with Gasteiger partial charge in [-0.15, -0.1) is 11.3 Å². The fourth-order valence-corrected chi connectivity index (χ4v) is 4.40. The first-order chi connectivity index (χ1) is 10.7. The van der Waals surface area contributed by atoms with Crippen LogP contribution in [0.5, 0.6) is 0 Å². The minimum absolute atomic E-state index is 0.0604. The van der Waals surface area contributed by atoms with Gasteiger partial charge in [0.15, 0.2) is 0 Å². The lowest BCUT2D eigenvalue weighted by Gasteiger charge is -2.39. The maximum Gasteiger partial charge on any atom is 0.308 e. The number of hydrogen-bond donors (Lipinski definition) is 1. The Morgan fingerprint density at radius 3 is 2.86 bits per heavy atom. The van der Waals surface area contributed by atoms with Gasteiger partial charge in [0, 0.05) is 17.8 Å². The lowest BCUT2D eigenvalue weighted by Crippen LogP contribution is -2.46. The highest BCUT2D eigenvalue weighted by molar-refractivity contribution is 7.09. The van der Waals surface area contributed by atoms with E-state index in [1.807, 2.05) is 34.3 Å². The van der Waals surface area contributed by atoms with Crippen molar-refractivity contribution >= 4 is 34.6 Å². The first-order valence-electron chi connectivity index (χ1n) is 7.23. The summed E-state index contributed by atoms with van der Waals surface area (Å²) in [6.45, 7) is 0.573. The van der Waals surface area contributed by atoms with Crippen LogP contribution in [0.25, 0.3) is 0 Å². The van der Waals surface area contributed by atoms with E-state index in [4.69, 9.17) is 0 Å². The zero-order valence-corrected chi connectivity index (χ0v) is 13.6. The standard InChI is InChI=1S/C16H17NO3S2/c18-14-4-3-13(16(19)20)15(11-6-9-21-10-11)17(14)7-5-12-2-1-8-22-12/h1-2,6,8-10,13,15H,3-5,7H2,(H,19,20)/t13-,15-/m0/s1. The minimum Gasteiger partial charge on any atom is -0.481 e. The third kappa shape index (κ3) is 3.08. The molecule has 0 radical (unpaired) electrons. The van der Waals surface area contributed by atoms with Crippen LogP contribution in [0, 0.1) is 5.92 Å². The molecule has 22 heavy (non-hydrogen) atoms. The molecule has 0 unspecified atom stereocenters. The van der Waals surface area contributed by atoms with Gasteiger partial charge in [-0.05, 0) is 46.7 Å². The fraction of sp³-hybridized carbons (Fsp3) is 0.375. The number of likely N-dealkylation sites (tertiary alicyclic amines) is 1. The number of carboxylic acid groups (broad SMARTS) is 1. The summed E-state index contributed by atoms with van der Waals surface area (Å²) in [5, 5.41) is 15.4. The van der Waals surface area contributed by atoms with E-state index in [0.717, 1.165) is 12.0 Å². The van der Waals surface area contributed by atoms with Crippen molar-refractivity contribution in [3.8, 4) is 0 Å². The van der Waals surface area contributed by atoms with Gasteiger partial charge in [0.2, 0.25) is 5.91 Å². The number of hydrogen-bond acceptors (Lipinski definition) is 4. The molecule has 116 valence electrons. The van der Waals surface area contributed by atoms with Crippen molar-refractivity contribution in [3.63, 3.8) is 0 Å². The highest BCUT2D eigenvalue weighted by Crippen LogP contribution is 2.38. The molecule has 2 aromatic rings. The number of aliphatic carboxylic acids is 1. The van der Waals surface area contributed by atoms with E-state index >= 15 is 0 Å². The highest BCUT2D eigenvalue weighted by atomic mass is 32.1. The Morgan fingerprint density at radius 1 is 1.36 bits per heavy atom. The van der Waals surface area contributed by atoms with Crippen molar-refractivity contribution in [3.05, 3.63) is 44.8 Å². The predicted octanol–water partition coefficient (Wildman–Crippen LogP) is 3.42. The first kappa shape index (κ1) is 15.2. The van der Waals surface area contributed by atoms with Crippen molar-refractivity contribution < 1.29 is 14.7 Å². The van der Waals surface area contributed by atoms with Crippen molar-refractivity contribution in [1.82, 2.24) is 4.90 Å². The van der Waals surface area contributed by atoms with Crippen LogP contribution >= 0.6 is 22.7 Å². The van der Waals surface area contributed by atoms with Crippen LogP contribution in [0.2, 0.25) is 0 Å². The van der Waals surface area contributed by atoms with Gasteiger partial charge in [-0.3, -0.25) is 9.59 Å². The molecule has 1 amide bonds. The van der Waals surface area contributed by atoms with Gasteiger partial charge >= 0.3 is 5.97 Å². The van der Waals surface area contributed by atoms with Crippen molar-refractivity contribution in [2.45, 2.75) is 25.3 Å². The predicted molar refractivity (Wildman–Crippen MR) is 87.2 cm³/mol. The number of rotatable bonds is 5. The zero-order valence-electron chi connectivity index (χ0n) is 12.0. The lowest BCUT2D eigenvalue weighted by molar-refractivity contribution is -0.152. The average molecular weight is 335 g/mol. The molecule has 1 fully saturated rings. The number of piperidine rings is 1. The molecule has 2 aromatic heterocycles. The molecule has 2 atom stereocenters. The summed E-state index contributed by atoms with van der Waals surface area (Å²) in [6, 6.07) is 5.63. The molecule has 3 rings (SSSR count). The third-order valence-electron chi connectivity index (χ3n) is 4.09. The molecular formula is C16H17NO3S2. The number of carboxylic acids is 1. The second-order valence-corrected chi connectivity index (χ2v) is 7.21. The quantitative estimate of drug-likeness (QED) is 0.911. The Morgan fingerprint density at radius 2 is 2.23 bits per heavy atom. The Kier molecular flexibility index (Phi) is 4.59. The van der Waals surface area contributed by atoms with Gasteiger partial charge in [-0.1, -0.05) is 6.07 Å². The van der Waals surface area contributed by atoms with Crippen LogP contribution in [0.4, 0.5) is 0 Å². The van der Waals surface area contributed by atoms with Crippen LogP contribution in [0.15, 0.2) is 34.3 Å². The zero-order chi connectivity index (χ0) is 15.5. The van der Waals surface area contributed by atoms with Crippen LogP contribution in [-0.2, 0) is 16.0 Å². The Labute approximate surface area is 137 Å². The maximum absolute atomic E-state index is 12.4. The summed E-state index contributed by atoms with van der Waals surface area (Å²) in [4.78, 5) is 27.0. The topological polar surface area (TPSA) is 57.6 Å². The molecule has 0 saturated carbocycles. The second kappa shape index (κ2) is 6.62. The molecule has 0 aliphatic carbocycles. The molecule has 1 aliphatic rings. The maximum atomic E-state index is 12.4. The van der Waals surface area contributed by atoms with Crippen LogP contribution < -0.4 is 0 Å². The summed E-state index contributed by atoms with van der Waals surface area (Å²) in [6.07, 6.45) is 1.52. The molecule has 4 nitrogen and oxygen atoms in total. The first-order valence-corrected chi connectivity index (χ1v) is 9.06. The number of amides is 1. The highest BCUT2D eigenvalue weighted by Gasteiger charge is 2.40. The molecule has 0 spiro atoms. The van der Waals surface area contributed by atoms with Gasteiger partial charge in [0.05, 0.1) is 12.0 Å². The van der Waals surface area contributed by atoms with Crippen LogP contribution in [-0.4, -0.2) is 28.4 Å². The van der Waals surface area contributed by atoms with Crippen LogP contribution in [0.1, 0.15) is 29.3 Å². The summed E-state index contributed by atoms with van der Waals surface area (Å²) in [5.74, 6) is -1.27. The molecule has 0 bridgehead atoms. The minimum atomic E-state index is -0.815. The average Bonchev–Trinajstić information content (AvgIpc) is 3.18. The summed E-state index contributed by atoms with van der Waals surface area (Å²) in [5.41, 5.74) is 0.941. The lowest BCUT2D eigenvalue weighted by atomic mass is 9.85. The SMILES string of the molecule is O=C(O)[C@H]1CCC(=O)N(CCc2cccs2)[C@H]1c1ccsc1. The van der Waals surface area contributed by atoms with E-state index in [1.165, 1.54) is 16.2 Å². The second-order valence-electron chi connectivity index (χ2n) is 5.40. The normalized spacial score (nSPS) is 22.0. The van der Waals surface area contributed by atoms with Crippen molar-refractivity contribution in [1.29, 1.82) is 0 Å². The van der Waals surface area contributed by atoms with Gasteiger partial charge in [-0.2, -0.15) is 11.3 Å². The van der Waals surface area contributed by atoms with Gasteiger partial charge in [0.1, 0.15) is 0 Å². The Bertz CT molecular complexity index is 636. The molecule has 3 heterocycles. The van der Waals surface area contributed by atoms with Crippen molar-refractivity contribution in [2.75, 3.05) is 6.54 Å². The molecule has 1 N–H and O–H groups in total. The van der Waals surface area contributed by atoms with Gasteiger partial charge < -0.3 is 10.0 Å². The summed E-state index contributed by atoms with van der Waals surface area (Å²) in [7, 11) is 0. The van der Waals surface area contributed by atoms with Gasteiger partial charge in [-0.25, -0.2) is 0 Å². The largest absolute Gasteiger partial charge is 0.481 e. The molecule has 0 aromatic carbocycles. The van der Waals surface area contributed by atoms with E-state index in [-0.39, 0.29) is 11.9 Å². The summed E-state index contributed by atoms with van der Waals surface area (Å²) < 4.78 is 0. The number of carbonyl (C=O) groups excluding carboxylic acids is 1. The van der Waals surface area contributed by atoms with E-state index < -0.39 is 11.9 Å². The fourth-order valence-electron chi connectivity index (χ4n) is 3.02. The van der Waals surface area contributed by atoms with Gasteiger partial charge in [0.25, 0.3) is 0 Å². The summed E-state index contributed by atoms with van der Waals surface area (Å²) >= 11 is 3.20. The van der Waals surface area contributed by atoms with Crippen molar-refractivity contribution in [2.24, 2.45) is 5.92 Å². The Balaban J connectivity index is 1.85. The number of nitrogens with zero attached hydrogens (tertiary/aromatic N) is 1. The molecule has 1 aliphatic heterocycles. The molecular weight excluding hydrogens is 318 g/mol. The third-order valence-corrected chi connectivity index (χ3v) is 5.73. The number of carbonyl (C=O) groups is 2.